The molecule has 0 aromatic heterocycles. The highest BCUT2D eigenvalue weighted by atomic mass is 33.1. The molecule has 12 heavy (non-hydrogen) atoms. The number of rotatable bonds is 2. The lowest BCUT2D eigenvalue weighted by Crippen LogP contribution is -1.58. The van der Waals surface area contributed by atoms with Gasteiger partial charge < -0.3 is 4.57 Å². The molecule has 0 atom stereocenters. The zero-order valence-corrected chi connectivity index (χ0v) is 9.21. The Morgan fingerprint density at radius 1 is 0.750 bits per heavy atom. The molecule has 1 nitrogen and oxygen atoms in total. The van der Waals surface area contributed by atoms with Gasteiger partial charge in [-0.1, -0.05) is 24.3 Å². The first-order valence-corrected chi connectivity index (χ1v) is 9.74. The van der Waals surface area contributed by atoms with Crippen LogP contribution in [0.1, 0.15) is 0 Å². The first-order valence-electron chi connectivity index (χ1n) is 3.68. The molecule has 0 radical (unpaired) electrons. The topological polar surface area (TPSA) is 17.1 Å². The van der Waals surface area contributed by atoms with Crippen LogP contribution < -0.4 is 0 Å². The smallest absolute Gasteiger partial charge is 0.155 e. The molecule has 2 aliphatic heterocycles. The largest absolute Gasteiger partial charge is 0.306 e. The molecule has 0 spiro atoms. The lowest BCUT2D eigenvalue weighted by Gasteiger charge is -2.16. The maximum Gasteiger partial charge on any atom is 0.155 e. The summed E-state index contributed by atoms with van der Waals surface area (Å²) in [6.07, 6.45) is 6.62. The Balaban J connectivity index is 2.09. The van der Waals surface area contributed by atoms with Crippen molar-refractivity contribution in [3.63, 3.8) is 0 Å². The molecule has 2 rings (SSSR count). The Labute approximate surface area is 77.9 Å². The molecule has 0 aliphatic carbocycles. The van der Waals surface area contributed by atoms with Crippen molar-refractivity contribution in [2.45, 2.75) is 0 Å². The van der Waals surface area contributed by atoms with E-state index in [4.69, 9.17) is 0 Å². The van der Waals surface area contributed by atoms with E-state index in [2.05, 4.69) is 21.6 Å². The van der Waals surface area contributed by atoms with Crippen LogP contribution in [0, 0.1) is 0 Å². The van der Waals surface area contributed by atoms with Crippen LogP contribution in [-0.4, -0.2) is 0 Å². The van der Waals surface area contributed by atoms with E-state index in [1.54, 1.807) is 0 Å². The standard InChI is InChI=1S/C8H11OPS2/c9-10(11-5-1-2-6-11)12-7-3-4-8-12/h1-8,10-12H. The summed E-state index contributed by atoms with van der Waals surface area (Å²) in [5, 5.41) is 8.38. The molecule has 0 aromatic carbocycles. The molecule has 0 aromatic rings. The fourth-order valence-corrected chi connectivity index (χ4v) is 11.3. The van der Waals surface area contributed by atoms with E-state index in [9.17, 15) is 4.57 Å². The second-order valence-corrected chi connectivity index (χ2v) is 12.4. The van der Waals surface area contributed by atoms with E-state index >= 15 is 0 Å². The van der Waals surface area contributed by atoms with Gasteiger partial charge in [-0.05, 0) is 21.6 Å². The van der Waals surface area contributed by atoms with Crippen molar-refractivity contribution >= 4 is 27.2 Å². The van der Waals surface area contributed by atoms with Gasteiger partial charge in [-0.2, -0.15) is 21.0 Å². The zero-order valence-electron chi connectivity index (χ0n) is 6.42. The zero-order chi connectivity index (χ0) is 8.39. The van der Waals surface area contributed by atoms with Crippen LogP contribution in [-0.2, 0) is 4.57 Å². The van der Waals surface area contributed by atoms with E-state index in [1.165, 1.54) is 0 Å². The van der Waals surface area contributed by atoms with Gasteiger partial charge in [0.15, 0.2) is 6.20 Å². The molecule has 0 amide bonds. The summed E-state index contributed by atoms with van der Waals surface area (Å²) in [6.45, 7) is 0. The minimum atomic E-state index is -1.41. The average Bonchev–Trinajstić information content (AvgIpc) is 2.77. The van der Waals surface area contributed by atoms with E-state index in [1.807, 2.05) is 24.3 Å². The monoisotopic (exact) mass is 218 g/mol. The van der Waals surface area contributed by atoms with Crippen LogP contribution in [0.5, 0.6) is 0 Å². The van der Waals surface area contributed by atoms with Crippen molar-refractivity contribution in [1.82, 2.24) is 0 Å². The minimum Gasteiger partial charge on any atom is -0.306 e. The summed E-state index contributed by atoms with van der Waals surface area (Å²) >= 11 is 0. The van der Waals surface area contributed by atoms with Gasteiger partial charge in [0.1, 0.15) is 0 Å². The van der Waals surface area contributed by atoms with Crippen molar-refractivity contribution in [3.8, 4) is 0 Å². The fraction of sp³-hybridized carbons (Fsp3) is 0. The van der Waals surface area contributed by atoms with Crippen LogP contribution in [0.4, 0.5) is 0 Å². The third-order valence-electron chi connectivity index (χ3n) is 1.65. The molecule has 2 heterocycles. The van der Waals surface area contributed by atoms with Crippen molar-refractivity contribution in [1.29, 1.82) is 0 Å². The molecule has 0 unspecified atom stereocenters. The maximum absolute atomic E-state index is 11.9. The highest BCUT2D eigenvalue weighted by Gasteiger charge is 2.13. The molecule has 66 valence electrons. The molecular formula is C8H11OPS2. The summed E-state index contributed by atoms with van der Waals surface area (Å²) in [5.74, 6) is 0. The van der Waals surface area contributed by atoms with E-state index in [-0.39, 0.29) is 0 Å². The van der Waals surface area contributed by atoms with E-state index in [0.29, 0.717) is 0 Å². The quantitative estimate of drug-likeness (QED) is 0.536. The van der Waals surface area contributed by atoms with Gasteiger partial charge in [-0.15, -0.1) is 0 Å². The Kier molecular flexibility index (Phi) is 2.64. The molecule has 2 aliphatic rings. The number of allylic oxidation sites excluding steroid dienone is 4. The number of hydrogen-bond acceptors (Lipinski definition) is 1. The Bertz CT molecular complexity index is 263. The Morgan fingerprint density at radius 3 is 1.42 bits per heavy atom. The van der Waals surface area contributed by atoms with E-state index < -0.39 is 27.2 Å². The van der Waals surface area contributed by atoms with Crippen LogP contribution in [0.15, 0.2) is 45.9 Å². The minimum absolute atomic E-state index is 0.406. The normalized spacial score (nSPS) is 25.1. The van der Waals surface area contributed by atoms with Crippen molar-refractivity contribution in [2.75, 3.05) is 0 Å². The third-order valence-corrected chi connectivity index (χ3v) is 13.1. The van der Waals surface area contributed by atoms with Gasteiger partial charge in [-0.3, -0.25) is 0 Å². The summed E-state index contributed by atoms with van der Waals surface area (Å²) in [5.41, 5.74) is 0. The van der Waals surface area contributed by atoms with Gasteiger partial charge in [0.25, 0.3) is 0 Å². The van der Waals surface area contributed by atoms with Crippen LogP contribution in [0.25, 0.3) is 0 Å². The average molecular weight is 218 g/mol. The number of thiol groups is 2. The molecule has 0 saturated carbocycles. The Morgan fingerprint density at radius 2 is 1.08 bits per heavy atom. The number of hydrogen-bond donors (Lipinski definition) is 2. The first-order chi connectivity index (χ1) is 5.88. The molecule has 0 fully saturated rings. The maximum atomic E-state index is 11.9. The highest BCUT2D eigenvalue weighted by Crippen LogP contribution is 2.73. The molecule has 0 saturated heterocycles. The predicted octanol–water partition coefficient (Wildman–Crippen LogP) is 3.46. The first kappa shape index (κ1) is 8.49. The highest BCUT2D eigenvalue weighted by molar-refractivity contribution is 8.97. The summed E-state index contributed by atoms with van der Waals surface area (Å²) in [4.78, 5) is 0. The van der Waals surface area contributed by atoms with Gasteiger partial charge in [0.05, 0.1) is 0 Å². The Hall–Kier alpha value is -0.110. The summed E-state index contributed by atoms with van der Waals surface area (Å²) in [6, 6.07) is 0. The third kappa shape index (κ3) is 1.63. The molecule has 0 N–H and O–H groups in total. The van der Waals surface area contributed by atoms with Crippen molar-refractivity contribution in [3.05, 3.63) is 45.9 Å². The SMILES string of the molecule is O=[PH]([SH]1C=CC=C1)[SH]1C=CC=C1. The summed E-state index contributed by atoms with van der Waals surface area (Å²) in [7, 11) is -0.812. The van der Waals surface area contributed by atoms with Gasteiger partial charge in [-0.25, -0.2) is 0 Å². The van der Waals surface area contributed by atoms with Crippen LogP contribution >= 0.6 is 27.2 Å². The van der Waals surface area contributed by atoms with Gasteiger partial charge >= 0.3 is 0 Å². The second-order valence-electron chi connectivity index (χ2n) is 2.46. The second kappa shape index (κ2) is 3.73. The predicted molar refractivity (Wildman–Crippen MR) is 63.5 cm³/mol. The lowest BCUT2D eigenvalue weighted by molar-refractivity contribution is 0.603. The van der Waals surface area contributed by atoms with Crippen molar-refractivity contribution in [2.24, 2.45) is 0 Å². The fourth-order valence-electron chi connectivity index (χ4n) is 1.06. The van der Waals surface area contributed by atoms with Gasteiger partial charge in [0.2, 0.25) is 0 Å². The molecule has 0 bridgehead atoms. The van der Waals surface area contributed by atoms with Gasteiger partial charge in [0, 0.05) is 0 Å². The molecular weight excluding hydrogens is 207 g/mol. The van der Waals surface area contributed by atoms with Crippen LogP contribution in [0.2, 0.25) is 0 Å². The van der Waals surface area contributed by atoms with Crippen molar-refractivity contribution < 1.29 is 4.57 Å². The summed E-state index contributed by atoms with van der Waals surface area (Å²) < 4.78 is 11.9. The van der Waals surface area contributed by atoms with E-state index in [0.717, 1.165) is 0 Å². The lowest BCUT2D eigenvalue weighted by atomic mass is 10.6. The molecule has 4 heteroatoms. The van der Waals surface area contributed by atoms with Crippen LogP contribution in [0.3, 0.4) is 0 Å².